The fraction of sp³-hybridized carbons (Fsp3) is 0. The average molecular weight is 557 g/mol. The fourth-order valence-corrected chi connectivity index (χ4v) is 6.14. The molecule has 0 saturated carbocycles. The first-order chi connectivity index (χ1) is 20.7. The predicted molar refractivity (Wildman–Crippen MR) is 172 cm³/mol. The Kier molecular flexibility index (Phi) is 5.53. The third-order valence-electron chi connectivity index (χ3n) is 7.89. The van der Waals surface area contributed by atoms with Gasteiger partial charge in [-0.3, -0.25) is 0 Å². The molecular formula is C37H21ClN4. The summed E-state index contributed by atoms with van der Waals surface area (Å²) in [6, 6.07) is 45.6. The Hall–Kier alpha value is -5.50. The molecule has 42 heavy (non-hydrogen) atoms. The fourth-order valence-electron chi connectivity index (χ4n) is 5.98. The molecule has 196 valence electrons. The minimum Gasteiger partial charge on any atom is -0.309 e. The lowest BCUT2D eigenvalue weighted by molar-refractivity contribution is 1.18. The molecule has 0 atom stereocenters. The number of hydrogen-bond acceptors (Lipinski definition) is 3. The Balaban J connectivity index is 1.36. The summed E-state index contributed by atoms with van der Waals surface area (Å²) >= 11 is 6.21. The van der Waals surface area contributed by atoms with Crippen LogP contribution in [0.25, 0.3) is 71.8 Å². The maximum absolute atomic E-state index is 9.53. The average Bonchev–Trinajstić information content (AvgIpc) is 3.39. The Morgan fingerprint density at radius 2 is 1.38 bits per heavy atom. The van der Waals surface area contributed by atoms with Crippen molar-refractivity contribution < 1.29 is 0 Å². The van der Waals surface area contributed by atoms with Crippen LogP contribution in [-0.4, -0.2) is 14.5 Å². The van der Waals surface area contributed by atoms with Crippen LogP contribution < -0.4 is 0 Å². The summed E-state index contributed by atoms with van der Waals surface area (Å²) in [5, 5.41) is 15.7. The van der Waals surface area contributed by atoms with Crippen molar-refractivity contribution >= 4 is 55.1 Å². The first-order valence-corrected chi connectivity index (χ1v) is 14.1. The highest BCUT2D eigenvalue weighted by Gasteiger charge is 2.17. The largest absolute Gasteiger partial charge is 0.309 e. The number of hydrogen-bond donors (Lipinski definition) is 0. The summed E-state index contributed by atoms with van der Waals surface area (Å²) in [5.41, 5.74) is 7.33. The highest BCUT2D eigenvalue weighted by Crippen LogP contribution is 2.39. The maximum atomic E-state index is 9.53. The van der Waals surface area contributed by atoms with Gasteiger partial charge < -0.3 is 4.57 Å². The molecule has 8 rings (SSSR count). The Labute approximate surface area is 246 Å². The first-order valence-electron chi connectivity index (χ1n) is 13.7. The summed E-state index contributed by atoms with van der Waals surface area (Å²) in [7, 11) is 0. The van der Waals surface area contributed by atoms with Gasteiger partial charge in [0, 0.05) is 33.0 Å². The van der Waals surface area contributed by atoms with Gasteiger partial charge in [-0.25, -0.2) is 9.97 Å². The number of rotatable bonds is 3. The van der Waals surface area contributed by atoms with Crippen molar-refractivity contribution in [3.05, 3.63) is 138 Å². The molecule has 4 nitrogen and oxygen atoms in total. The van der Waals surface area contributed by atoms with E-state index in [0.29, 0.717) is 16.4 Å². The van der Waals surface area contributed by atoms with Crippen molar-refractivity contribution in [3.63, 3.8) is 0 Å². The maximum Gasteiger partial charge on any atom is 0.160 e. The van der Waals surface area contributed by atoms with E-state index in [0.717, 1.165) is 38.8 Å². The second kappa shape index (κ2) is 9.55. The van der Waals surface area contributed by atoms with E-state index in [4.69, 9.17) is 21.6 Å². The lowest BCUT2D eigenvalue weighted by Crippen LogP contribution is -1.96. The van der Waals surface area contributed by atoms with Crippen LogP contribution in [0.1, 0.15) is 5.56 Å². The number of aromatic nitrogens is 3. The van der Waals surface area contributed by atoms with Crippen LogP contribution in [0.2, 0.25) is 5.02 Å². The van der Waals surface area contributed by atoms with Crippen LogP contribution in [0.15, 0.2) is 127 Å². The molecule has 0 aliphatic heterocycles. The molecule has 0 N–H and O–H groups in total. The van der Waals surface area contributed by atoms with Crippen molar-refractivity contribution in [2.24, 2.45) is 0 Å². The van der Waals surface area contributed by atoms with Crippen LogP contribution in [0.3, 0.4) is 0 Å². The molecular weight excluding hydrogens is 536 g/mol. The third kappa shape index (κ3) is 3.76. The molecule has 6 aromatic carbocycles. The molecule has 0 aliphatic carbocycles. The molecule has 2 heterocycles. The smallest absolute Gasteiger partial charge is 0.160 e. The topological polar surface area (TPSA) is 54.5 Å². The first kappa shape index (κ1) is 24.3. The van der Waals surface area contributed by atoms with Gasteiger partial charge in [0.1, 0.15) is 6.07 Å². The second-order valence-corrected chi connectivity index (χ2v) is 10.7. The summed E-state index contributed by atoms with van der Waals surface area (Å²) in [6.45, 7) is 0. The van der Waals surface area contributed by atoms with Crippen molar-refractivity contribution in [3.8, 4) is 34.4 Å². The van der Waals surface area contributed by atoms with Gasteiger partial charge >= 0.3 is 0 Å². The minimum atomic E-state index is 0.400. The van der Waals surface area contributed by atoms with Gasteiger partial charge in [0.15, 0.2) is 5.82 Å². The number of nitrogens with zero attached hydrogens (tertiary/aromatic N) is 4. The van der Waals surface area contributed by atoms with Gasteiger partial charge in [0.25, 0.3) is 0 Å². The SMILES string of the molecule is N#Cc1cc(-c2nc(-c3ccc4c(ccc5c4c4ccccc4n5-c4ccccc4)c3)c3ccccc3n2)ccc1Cl. The summed E-state index contributed by atoms with van der Waals surface area (Å²) in [4.78, 5) is 9.88. The van der Waals surface area contributed by atoms with Crippen molar-refractivity contribution in [1.29, 1.82) is 5.26 Å². The number of fused-ring (bicyclic) bond motifs is 6. The van der Waals surface area contributed by atoms with E-state index < -0.39 is 0 Å². The van der Waals surface area contributed by atoms with Crippen LogP contribution >= 0.6 is 11.6 Å². The minimum absolute atomic E-state index is 0.400. The molecule has 2 aromatic heterocycles. The molecule has 0 unspecified atom stereocenters. The second-order valence-electron chi connectivity index (χ2n) is 10.3. The van der Waals surface area contributed by atoms with Gasteiger partial charge in [-0.2, -0.15) is 5.26 Å². The normalized spacial score (nSPS) is 11.4. The lowest BCUT2D eigenvalue weighted by Gasteiger charge is -2.11. The molecule has 0 fully saturated rings. The highest BCUT2D eigenvalue weighted by molar-refractivity contribution is 6.31. The number of nitriles is 1. The summed E-state index contributed by atoms with van der Waals surface area (Å²) in [6.07, 6.45) is 0. The van der Waals surface area contributed by atoms with Crippen molar-refractivity contribution in [2.75, 3.05) is 0 Å². The zero-order valence-corrected chi connectivity index (χ0v) is 23.0. The molecule has 0 saturated heterocycles. The van der Waals surface area contributed by atoms with Crippen molar-refractivity contribution in [2.45, 2.75) is 0 Å². The van der Waals surface area contributed by atoms with Gasteiger partial charge in [0.2, 0.25) is 0 Å². The molecule has 5 heteroatoms. The molecule has 0 spiro atoms. The van der Waals surface area contributed by atoms with Gasteiger partial charge in [-0.05, 0) is 65.4 Å². The number of halogens is 1. The Morgan fingerprint density at radius 3 is 2.24 bits per heavy atom. The third-order valence-corrected chi connectivity index (χ3v) is 8.22. The summed E-state index contributed by atoms with van der Waals surface area (Å²) < 4.78 is 2.34. The number of benzene rings is 6. The van der Waals surface area contributed by atoms with Gasteiger partial charge in [-0.1, -0.05) is 84.4 Å². The zero-order chi connectivity index (χ0) is 28.2. The van der Waals surface area contributed by atoms with Crippen LogP contribution in [0.5, 0.6) is 0 Å². The molecule has 8 aromatic rings. The van der Waals surface area contributed by atoms with Crippen LogP contribution in [0, 0.1) is 11.3 Å². The van der Waals surface area contributed by atoms with E-state index in [1.54, 1.807) is 12.1 Å². The quantitative estimate of drug-likeness (QED) is 0.217. The van der Waals surface area contributed by atoms with E-state index >= 15 is 0 Å². The predicted octanol–water partition coefficient (Wildman–Crippen LogP) is 9.74. The molecule has 0 bridgehead atoms. The van der Waals surface area contributed by atoms with Gasteiger partial charge in [-0.15, -0.1) is 0 Å². The van der Waals surface area contributed by atoms with E-state index in [1.165, 1.54) is 27.2 Å². The zero-order valence-electron chi connectivity index (χ0n) is 22.3. The van der Waals surface area contributed by atoms with Crippen molar-refractivity contribution in [1.82, 2.24) is 14.5 Å². The van der Waals surface area contributed by atoms with E-state index in [9.17, 15) is 5.26 Å². The Morgan fingerprint density at radius 1 is 0.619 bits per heavy atom. The highest BCUT2D eigenvalue weighted by atomic mass is 35.5. The summed E-state index contributed by atoms with van der Waals surface area (Å²) in [5.74, 6) is 0.554. The molecule has 0 aliphatic rings. The van der Waals surface area contributed by atoms with Crippen LogP contribution in [0.4, 0.5) is 0 Å². The molecule has 0 radical (unpaired) electrons. The standard InChI is InChI=1S/C37H21ClN4/c38-31-18-15-25(21-26(31)22-39)37-40-32-12-6-4-10-29(32)36(41-37)24-14-17-28-23(20-24)16-19-34-35(28)30-11-5-7-13-33(30)42(34)27-8-2-1-3-9-27/h1-21H. The Bertz CT molecular complexity index is 2380. The van der Waals surface area contributed by atoms with Crippen LogP contribution in [-0.2, 0) is 0 Å². The van der Waals surface area contributed by atoms with E-state index in [2.05, 4.69) is 95.6 Å². The molecule has 0 amide bonds. The lowest BCUT2D eigenvalue weighted by atomic mass is 9.98. The van der Waals surface area contributed by atoms with E-state index in [1.807, 2.05) is 30.3 Å². The van der Waals surface area contributed by atoms with Gasteiger partial charge in [0.05, 0.1) is 32.8 Å². The monoisotopic (exact) mass is 556 g/mol. The number of para-hydroxylation sites is 3. The van der Waals surface area contributed by atoms with E-state index in [-0.39, 0.29) is 0 Å².